The van der Waals surface area contributed by atoms with Crippen LogP contribution in [0.15, 0.2) is 47.0 Å². The first-order chi connectivity index (χ1) is 16.1. The monoisotopic (exact) mass is 483 g/mol. The summed E-state index contributed by atoms with van der Waals surface area (Å²) in [7, 11) is -0.325. The van der Waals surface area contributed by atoms with Gasteiger partial charge >= 0.3 is 0 Å². The van der Waals surface area contributed by atoms with Crippen molar-refractivity contribution in [1.82, 2.24) is 10.1 Å². The van der Waals surface area contributed by atoms with Crippen LogP contribution in [0.3, 0.4) is 0 Å². The number of nitrogens with zero attached hydrogens (tertiary/aromatic N) is 2. The van der Waals surface area contributed by atoms with E-state index in [9.17, 15) is 19.1 Å². The Balaban J connectivity index is 1.69. The van der Waals surface area contributed by atoms with E-state index >= 15 is 0 Å². The zero-order valence-electron chi connectivity index (χ0n) is 19.4. The Bertz CT molecular complexity index is 1250. The number of carbonyl (C=O) groups excluding carboxylic acids is 2. The SMILES string of the molecule is COc1ccc2c(c1)CCN(C(=O)c1cc(O)no1)[C@H]2C(=O)Nc1ccc([Si](C)(C)C)c(F)c1. The minimum absolute atomic E-state index is 0.183. The van der Waals surface area contributed by atoms with Crippen molar-refractivity contribution >= 4 is 30.8 Å². The van der Waals surface area contributed by atoms with Crippen LogP contribution in [-0.2, 0) is 11.2 Å². The Hall–Kier alpha value is -3.66. The third kappa shape index (κ3) is 4.53. The molecule has 8 nitrogen and oxygen atoms in total. The molecule has 0 saturated carbocycles. The van der Waals surface area contributed by atoms with Gasteiger partial charge in [0.25, 0.3) is 17.7 Å². The fourth-order valence-corrected chi connectivity index (χ4v) is 5.52. The highest BCUT2D eigenvalue weighted by atomic mass is 28.3. The molecule has 0 bridgehead atoms. The predicted octanol–water partition coefficient (Wildman–Crippen LogP) is 3.45. The Morgan fingerprint density at radius 3 is 2.59 bits per heavy atom. The van der Waals surface area contributed by atoms with Gasteiger partial charge in [0.05, 0.1) is 21.3 Å². The first-order valence-electron chi connectivity index (χ1n) is 10.8. The van der Waals surface area contributed by atoms with Crippen molar-refractivity contribution in [3.63, 3.8) is 0 Å². The first-order valence-corrected chi connectivity index (χ1v) is 14.3. The van der Waals surface area contributed by atoms with Crippen LogP contribution in [0.2, 0.25) is 19.6 Å². The van der Waals surface area contributed by atoms with E-state index in [1.165, 1.54) is 11.0 Å². The van der Waals surface area contributed by atoms with Gasteiger partial charge in [-0.3, -0.25) is 9.59 Å². The molecule has 0 aliphatic carbocycles. The molecule has 34 heavy (non-hydrogen) atoms. The highest BCUT2D eigenvalue weighted by Gasteiger charge is 2.38. The van der Waals surface area contributed by atoms with Crippen LogP contribution < -0.4 is 15.2 Å². The number of hydrogen-bond acceptors (Lipinski definition) is 6. The summed E-state index contributed by atoms with van der Waals surface area (Å²) in [6.07, 6.45) is 0.488. The molecule has 10 heteroatoms. The van der Waals surface area contributed by atoms with E-state index < -0.39 is 31.8 Å². The van der Waals surface area contributed by atoms with E-state index in [-0.39, 0.29) is 18.1 Å². The topological polar surface area (TPSA) is 105 Å². The van der Waals surface area contributed by atoms with E-state index in [1.54, 1.807) is 31.4 Å². The van der Waals surface area contributed by atoms with Crippen molar-refractivity contribution in [2.45, 2.75) is 32.1 Å². The first kappa shape index (κ1) is 23.5. The molecule has 0 radical (unpaired) electrons. The number of amides is 2. The molecule has 0 saturated heterocycles. The largest absolute Gasteiger partial charge is 0.497 e. The Morgan fingerprint density at radius 1 is 1.21 bits per heavy atom. The minimum atomic E-state index is -1.88. The quantitative estimate of drug-likeness (QED) is 0.539. The molecule has 3 aromatic rings. The highest BCUT2D eigenvalue weighted by Crippen LogP contribution is 2.34. The summed E-state index contributed by atoms with van der Waals surface area (Å²) in [6, 6.07) is 10.1. The molecule has 2 amide bonds. The molecule has 0 unspecified atom stereocenters. The maximum Gasteiger partial charge on any atom is 0.293 e. The number of hydrogen-bond donors (Lipinski definition) is 2. The van der Waals surface area contributed by atoms with Gasteiger partial charge in [0.2, 0.25) is 5.76 Å². The fourth-order valence-electron chi connectivity index (χ4n) is 4.15. The van der Waals surface area contributed by atoms with Crippen molar-refractivity contribution in [3.8, 4) is 11.6 Å². The molecule has 1 aliphatic rings. The summed E-state index contributed by atoms with van der Waals surface area (Å²) in [5.74, 6) is -1.42. The van der Waals surface area contributed by atoms with E-state index in [2.05, 4.69) is 10.5 Å². The minimum Gasteiger partial charge on any atom is -0.497 e. The number of anilines is 1. The van der Waals surface area contributed by atoms with Crippen LogP contribution in [-0.4, -0.2) is 48.7 Å². The van der Waals surface area contributed by atoms with Gasteiger partial charge in [0, 0.05) is 12.2 Å². The molecule has 178 valence electrons. The summed E-state index contributed by atoms with van der Waals surface area (Å²) < 4.78 is 25.0. The zero-order chi connectivity index (χ0) is 24.6. The summed E-state index contributed by atoms with van der Waals surface area (Å²) in [4.78, 5) is 28.0. The molecule has 2 N–H and O–H groups in total. The summed E-state index contributed by atoms with van der Waals surface area (Å²) in [5.41, 5.74) is 1.79. The number of nitrogens with one attached hydrogen (secondary N) is 1. The normalized spacial score (nSPS) is 15.6. The number of carbonyl (C=O) groups is 2. The number of fused-ring (bicyclic) bond motifs is 1. The van der Waals surface area contributed by atoms with Gasteiger partial charge in [-0.1, -0.05) is 31.8 Å². The van der Waals surface area contributed by atoms with Gasteiger partial charge in [-0.05, 0) is 52.2 Å². The summed E-state index contributed by atoms with van der Waals surface area (Å²) in [5, 5.41) is 16.3. The molecule has 0 fully saturated rings. The average molecular weight is 484 g/mol. The lowest BCUT2D eigenvalue weighted by Crippen LogP contribution is -2.45. The van der Waals surface area contributed by atoms with Crippen molar-refractivity contribution in [3.05, 3.63) is 65.2 Å². The van der Waals surface area contributed by atoms with E-state index in [0.717, 1.165) is 11.6 Å². The molecule has 2 aromatic carbocycles. The van der Waals surface area contributed by atoms with Gasteiger partial charge in [-0.15, -0.1) is 0 Å². The van der Waals surface area contributed by atoms with E-state index in [4.69, 9.17) is 9.26 Å². The third-order valence-electron chi connectivity index (χ3n) is 5.84. The Labute approximate surface area is 197 Å². The molecular weight excluding hydrogens is 457 g/mol. The van der Waals surface area contributed by atoms with Gasteiger partial charge in [0.1, 0.15) is 17.6 Å². The van der Waals surface area contributed by atoms with Crippen LogP contribution in [0.1, 0.15) is 27.7 Å². The smallest absolute Gasteiger partial charge is 0.293 e. The number of methoxy groups -OCH3 is 1. The van der Waals surface area contributed by atoms with Gasteiger partial charge < -0.3 is 24.6 Å². The van der Waals surface area contributed by atoms with Crippen molar-refractivity contribution < 1.29 is 28.3 Å². The lowest BCUT2D eigenvalue weighted by Gasteiger charge is -2.36. The van der Waals surface area contributed by atoms with E-state index in [0.29, 0.717) is 28.6 Å². The Morgan fingerprint density at radius 2 is 1.97 bits per heavy atom. The summed E-state index contributed by atoms with van der Waals surface area (Å²) in [6.45, 7) is 6.35. The fraction of sp³-hybridized carbons (Fsp3) is 0.292. The van der Waals surface area contributed by atoms with Gasteiger partial charge in [-0.2, -0.15) is 0 Å². The number of aromatic nitrogens is 1. The number of benzene rings is 2. The average Bonchev–Trinajstić information content (AvgIpc) is 3.22. The lowest BCUT2D eigenvalue weighted by molar-refractivity contribution is -0.121. The van der Waals surface area contributed by atoms with Crippen LogP contribution in [0, 0.1) is 5.82 Å². The molecular formula is C24H26FN3O5Si. The van der Waals surface area contributed by atoms with Crippen molar-refractivity contribution in [2.24, 2.45) is 0 Å². The molecule has 1 aliphatic heterocycles. The molecule has 0 spiro atoms. The molecule has 2 heterocycles. The second-order valence-corrected chi connectivity index (χ2v) is 14.2. The van der Waals surface area contributed by atoms with E-state index in [1.807, 2.05) is 25.7 Å². The molecule has 1 atom stereocenters. The summed E-state index contributed by atoms with van der Waals surface area (Å²) >= 11 is 0. The number of aromatic hydroxyl groups is 1. The predicted molar refractivity (Wildman–Crippen MR) is 127 cm³/mol. The second kappa shape index (κ2) is 8.94. The standard InChI is InChI=1S/C24H26FN3O5Si/c1-32-16-6-7-17-14(11-16)9-10-28(24(31)19-13-21(29)27-33-19)22(17)23(30)26-15-5-8-20(18(25)12-15)34(2,3)4/h5-8,11-13,22H,9-10H2,1-4H3,(H,26,30)(H,27,29)/t22-/m1/s1. The maximum atomic E-state index is 14.8. The highest BCUT2D eigenvalue weighted by molar-refractivity contribution is 6.88. The van der Waals surface area contributed by atoms with Crippen molar-refractivity contribution in [1.29, 1.82) is 0 Å². The van der Waals surface area contributed by atoms with Crippen molar-refractivity contribution in [2.75, 3.05) is 19.0 Å². The zero-order valence-corrected chi connectivity index (χ0v) is 20.4. The van der Waals surface area contributed by atoms with Gasteiger partial charge in [0.15, 0.2) is 0 Å². The number of ether oxygens (including phenoxy) is 1. The Kier molecular flexibility index (Phi) is 6.18. The van der Waals surface area contributed by atoms with Crippen LogP contribution in [0.4, 0.5) is 10.1 Å². The third-order valence-corrected chi connectivity index (χ3v) is 7.86. The van der Waals surface area contributed by atoms with Crippen LogP contribution in [0.25, 0.3) is 0 Å². The molecule has 4 rings (SSSR count). The maximum absolute atomic E-state index is 14.8. The van der Waals surface area contributed by atoms with Crippen LogP contribution >= 0.6 is 0 Å². The van der Waals surface area contributed by atoms with Gasteiger partial charge in [-0.25, -0.2) is 4.39 Å². The number of halogens is 1. The lowest BCUT2D eigenvalue weighted by atomic mass is 9.91. The molecule has 1 aromatic heterocycles. The number of rotatable bonds is 5. The second-order valence-electron chi connectivity index (χ2n) is 9.20. The van der Waals surface area contributed by atoms with Crippen LogP contribution in [0.5, 0.6) is 11.6 Å².